The molecule has 1 atom stereocenters. The Labute approximate surface area is 113 Å². The topological polar surface area (TPSA) is 74.4 Å². The Morgan fingerprint density at radius 2 is 2.32 bits per heavy atom. The summed E-state index contributed by atoms with van der Waals surface area (Å²) >= 11 is 0. The van der Waals surface area contributed by atoms with E-state index in [2.05, 4.69) is 23.3 Å². The maximum absolute atomic E-state index is 9.10. The zero-order chi connectivity index (χ0) is 13.4. The first-order valence-corrected chi connectivity index (χ1v) is 7.06. The number of nitrogens with one attached hydrogen (secondary N) is 1. The third-order valence-electron chi connectivity index (χ3n) is 4.14. The summed E-state index contributed by atoms with van der Waals surface area (Å²) < 4.78 is 0. The molecule has 0 radical (unpaired) electrons. The smallest absolute Gasteiger partial charge is 0.0707 e. The molecule has 0 bridgehead atoms. The highest BCUT2D eigenvalue weighted by Crippen LogP contribution is 2.43. The van der Waals surface area contributed by atoms with Crippen molar-refractivity contribution in [2.75, 3.05) is 25.1 Å². The van der Waals surface area contributed by atoms with Crippen LogP contribution >= 0.6 is 0 Å². The van der Waals surface area contributed by atoms with Crippen LogP contribution in [0.3, 0.4) is 0 Å². The maximum Gasteiger partial charge on any atom is 0.0707 e. The third kappa shape index (κ3) is 2.45. The van der Waals surface area contributed by atoms with Gasteiger partial charge in [0.25, 0.3) is 0 Å². The van der Waals surface area contributed by atoms with E-state index in [4.69, 9.17) is 15.9 Å². The molecule has 0 amide bonds. The number of hydrazine groups is 1. The van der Waals surface area contributed by atoms with Gasteiger partial charge in [0, 0.05) is 25.6 Å². The molecule has 1 saturated carbocycles. The van der Waals surface area contributed by atoms with Crippen molar-refractivity contribution in [3.63, 3.8) is 0 Å². The van der Waals surface area contributed by atoms with Gasteiger partial charge in [0.05, 0.1) is 23.7 Å². The van der Waals surface area contributed by atoms with E-state index >= 15 is 0 Å². The third-order valence-corrected chi connectivity index (χ3v) is 4.14. The summed E-state index contributed by atoms with van der Waals surface area (Å²) in [5.41, 5.74) is 7.38. The summed E-state index contributed by atoms with van der Waals surface area (Å²) in [6, 6.07) is 2.18. The molecule has 5 heteroatoms. The Morgan fingerprint density at radius 3 is 2.95 bits per heavy atom. The number of pyridine rings is 1. The minimum atomic E-state index is 0.208. The molecule has 0 saturated heterocycles. The van der Waals surface area contributed by atoms with Crippen molar-refractivity contribution in [3.05, 3.63) is 23.0 Å². The van der Waals surface area contributed by atoms with Crippen LogP contribution in [0.5, 0.6) is 0 Å². The summed E-state index contributed by atoms with van der Waals surface area (Å²) in [7, 11) is 0. The van der Waals surface area contributed by atoms with E-state index in [1.807, 2.05) is 0 Å². The fourth-order valence-electron chi connectivity index (χ4n) is 2.99. The number of hydrogen-bond acceptors (Lipinski definition) is 5. The normalized spacial score (nSPS) is 23.2. The van der Waals surface area contributed by atoms with E-state index in [9.17, 15) is 0 Å². The first-order chi connectivity index (χ1) is 9.22. The van der Waals surface area contributed by atoms with Crippen molar-refractivity contribution < 1.29 is 5.11 Å². The lowest BCUT2D eigenvalue weighted by atomic mass is 9.93. The van der Waals surface area contributed by atoms with Crippen LogP contribution in [0.1, 0.15) is 48.6 Å². The van der Waals surface area contributed by atoms with Crippen LogP contribution in [0.2, 0.25) is 0 Å². The van der Waals surface area contributed by atoms with E-state index < -0.39 is 0 Å². The summed E-state index contributed by atoms with van der Waals surface area (Å²) in [4.78, 5) is 7.13. The van der Waals surface area contributed by atoms with Gasteiger partial charge in [0.1, 0.15) is 0 Å². The van der Waals surface area contributed by atoms with Crippen molar-refractivity contribution in [2.45, 2.75) is 38.1 Å². The number of nitrogen functional groups attached to an aromatic ring is 1. The van der Waals surface area contributed by atoms with Gasteiger partial charge in [-0.2, -0.15) is 0 Å². The summed E-state index contributed by atoms with van der Waals surface area (Å²) in [5.74, 6) is 6.65. The van der Waals surface area contributed by atoms with Gasteiger partial charge in [-0.3, -0.25) is 15.7 Å². The molecule has 19 heavy (non-hydrogen) atoms. The van der Waals surface area contributed by atoms with Gasteiger partial charge in [-0.1, -0.05) is 6.92 Å². The zero-order valence-electron chi connectivity index (χ0n) is 11.4. The number of β-amino-alcohol motifs (C(OH)–C–C–N with tert-alkyl or cyclic N) is 1. The molecule has 1 aromatic heterocycles. The van der Waals surface area contributed by atoms with Crippen LogP contribution in [-0.4, -0.2) is 34.7 Å². The van der Waals surface area contributed by atoms with Crippen molar-refractivity contribution in [3.8, 4) is 0 Å². The summed E-state index contributed by atoms with van der Waals surface area (Å²) in [6.07, 6.45) is 2.44. The quantitative estimate of drug-likeness (QED) is 0.561. The lowest BCUT2D eigenvalue weighted by Crippen LogP contribution is -2.35. The van der Waals surface area contributed by atoms with Crippen LogP contribution in [0.4, 0.5) is 5.69 Å². The number of aliphatic hydroxyl groups excluding tert-OH is 1. The maximum atomic E-state index is 9.10. The number of nitrogens with two attached hydrogens (primary N) is 1. The molecular formula is C14H22N4O. The van der Waals surface area contributed by atoms with E-state index in [1.54, 1.807) is 0 Å². The Kier molecular flexibility index (Phi) is 3.43. The highest BCUT2D eigenvalue weighted by molar-refractivity contribution is 5.54. The number of fused-ring (bicyclic) bond motifs is 1. The molecule has 1 aliphatic carbocycles. The largest absolute Gasteiger partial charge is 0.395 e. The number of aliphatic hydroxyl groups is 1. The molecular weight excluding hydrogens is 240 g/mol. The number of aromatic nitrogens is 1. The molecule has 0 aromatic carbocycles. The van der Waals surface area contributed by atoms with Gasteiger partial charge in [0.2, 0.25) is 0 Å². The van der Waals surface area contributed by atoms with E-state index in [1.165, 1.54) is 18.4 Å². The first kappa shape index (κ1) is 12.8. The molecule has 5 nitrogen and oxygen atoms in total. The Bertz CT molecular complexity index is 473. The van der Waals surface area contributed by atoms with Gasteiger partial charge < -0.3 is 10.5 Å². The molecule has 1 aromatic rings. The highest BCUT2D eigenvalue weighted by atomic mass is 16.3. The van der Waals surface area contributed by atoms with Crippen LogP contribution in [0.25, 0.3) is 0 Å². The molecule has 1 aliphatic heterocycles. The highest BCUT2D eigenvalue weighted by Gasteiger charge is 2.31. The van der Waals surface area contributed by atoms with Gasteiger partial charge in [-0.25, -0.2) is 0 Å². The molecule has 1 fully saturated rings. The Morgan fingerprint density at radius 1 is 1.53 bits per heavy atom. The molecule has 2 aliphatic rings. The van der Waals surface area contributed by atoms with Gasteiger partial charge >= 0.3 is 0 Å². The summed E-state index contributed by atoms with van der Waals surface area (Å²) in [5, 5.41) is 9.10. The minimum Gasteiger partial charge on any atom is -0.395 e. The van der Waals surface area contributed by atoms with E-state index in [0.717, 1.165) is 36.7 Å². The second-order valence-corrected chi connectivity index (χ2v) is 5.74. The number of nitrogens with zero attached hydrogens (tertiary/aromatic N) is 2. The van der Waals surface area contributed by atoms with Crippen molar-refractivity contribution in [2.24, 2.45) is 5.84 Å². The molecule has 2 heterocycles. The summed E-state index contributed by atoms with van der Waals surface area (Å²) in [6.45, 7) is 4.95. The van der Waals surface area contributed by atoms with Crippen LogP contribution in [-0.2, 0) is 6.54 Å². The molecule has 0 spiro atoms. The van der Waals surface area contributed by atoms with Crippen LogP contribution in [0.15, 0.2) is 6.07 Å². The zero-order valence-corrected chi connectivity index (χ0v) is 11.4. The minimum absolute atomic E-state index is 0.208. The number of rotatable bonds is 4. The molecule has 1 unspecified atom stereocenters. The van der Waals surface area contributed by atoms with Gasteiger partial charge in [-0.15, -0.1) is 0 Å². The standard InChI is InChI=1S/C14H22N4O/c1-9-7-18(4-5-19)8-13-11(9)6-12(17-15)14(16-13)10-2-3-10/h6,9-10,17,19H,2-5,7-8,15H2,1H3. The number of hydrogen-bond donors (Lipinski definition) is 3. The second-order valence-electron chi connectivity index (χ2n) is 5.74. The second kappa shape index (κ2) is 5.07. The van der Waals surface area contributed by atoms with Crippen LogP contribution in [0, 0.1) is 0 Å². The molecule has 4 N–H and O–H groups in total. The van der Waals surface area contributed by atoms with Crippen molar-refractivity contribution in [1.82, 2.24) is 9.88 Å². The Hall–Kier alpha value is -1.17. The Balaban J connectivity index is 1.95. The molecule has 104 valence electrons. The van der Waals surface area contributed by atoms with E-state index in [0.29, 0.717) is 11.8 Å². The van der Waals surface area contributed by atoms with E-state index in [-0.39, 0.29) is 6.61 Å². The average molecular weight is 262 g/mol. The predicted octanol–water partition coefficient (Wildman–Crippen LogP) is 1.16. The first-order valence-electron chi connectivity index (χ1n) is 7.06. The SMILES string of the molecule is CC1CN(CCO)Cc2nc(C3CC3)c(NN)cc21. The lowest BCUT2D eigenvalue weighted by molar-refractivity contribution is 0.172. The van der Waals surface area contributed by atoms with Gasteiger partial charge in [0.15, 0.2) is 0 Å². The van der Waals surface area contributed by atoms with Gasteiger partial charge in [-0.05, 0) is 30.4 Å². The lowest BCUT2D eigenvalue weighted by Gasteiger charge is -2.32. The molecule has 3 rings (SSSR count). The fourth-order valence-corrected chi connectivity index (χ4v) is 2.99. The average Bonchev–Trinajstić information content (AvgIpc) is 3.22. The fraction of sp³-hybridized carbons (Fsp3) is 0.643. The van der Waals surface area contributed by atoms with Crippen molar-refractivity contribution in [1.29, 1.82) is 0 Å². The number of anilines is 1. The monoisotopic (exact) mass is 262 g/mol. The predicted molar refractivity (Wildman–Crippen MR) is 74.8 cm³/mol. The van der Waals surface area contributed by atoms with Crippen molar-refractivity contribution >= 4 is 5.69 Å². The van der Waals surface area contributed by atoms with Crippen LogP contribution < -0.4 is 11.3 Å².